The minimum atomic E-state index is -1.25. The third-order valence-electron chi connectivity index (χ3n) is 7.61. The zero-order chi connectivity index (χ0) is 33.7. The molecule has 2 rings (SSSR count). The predicted octanol–water partition coefficient (Wildman–Crippen LogP) is -0.980. The monoisotopic (exact) mass is 624 g/mol. The quantitative estimate of drug-likeness (QED) is 0.179. The van der Waals surface area contributed by atoms with Gasteiger partial charge in [0.05, 0.1) is 12.1 Å². The predicted molar refractivity (Wildman–Crippen MR) is 158 cm³/mol. The Balaban J connectivity index is 1.94. The molecule has 248 valence electrons. The lowest BCUT2D eigenvalue weighted by molar-refractivity contribution is -0.158. The molecule has 0 bridgehead atoms. The van der Waals surface area contributed by atoms with E-state index in [1.165, 1.54) is 46.6 Å². The Kier molecular flexibility index (Phi) is 11.9. The van der Waals surface area contributed by atoms with Crippen LogP contribution in [0.2, 0.25) is 0 Å². The summed E-state index contributed by atoms with van der Waals surface area (Å²) in [7, 11) is 1.52. The number of rotatable bonds is 11. The van der Waals surface area contributed by atoms with Crippen molar-refractivity contribution in [1.29, 1.82) is 0 Å². The molecule has 15 nitrogen and oxygen atoms in total. The third kappa shape index (κ3) is 9.13. The van der Waals surface area contributed by atoms with Crippen LogP contribution in [-0.4, -0.2) is 107 Å². The summed E-state index contributed by atoms with van der Waals surface area (Å²) in [5.41, 5.74) is -1.98. The molecule has 0 spiro atoms. The van der Waals surface area contributed by atoms with Crippen molar-refractivity contribution < 1.29 is 43.0 Å². The molecule has 5 N–H and O–H groups in total. The van der Waals surface area contributed by atoms with Crippen molar-refractivity contribution >= 4 is 41.4 Å². The zero-order valence-electron chi connectivity index (χ0n) is 27.3. The summed E-state index contributed by atoms with van der Waals surface area (Å²) in [6, 6.07) is -5.34. The fraction of sp³-hybridized carbons (Fsp3) is 0.759. The highest BCUT2D eigenvalue weighted by atomic mass is 16.6. The van der Waals surface area contributed by atoms with Crippen LogP contribution in [0.1, 0.15) is 81.6 Å². The Morgan fingerprint density at radius 3 is 1.77 bits per heavy atom. The van der Waals surface area contributed by atoms with Gasteiger partial charge >= 0.3 is 5.97 Å². The van der Waals surface area contributed by atoms with Gasteiger partial charge in [-0.05, 0) is 68.2 Å². The van der Waals surface area contributed by atoms with Gasteiger partial charge in [0.2, 0.25) is 35.4 Å². The van der Waals surface area contributed by atoms with Crippen LogP contribution in [0, 0.1) is 0 Å². The number of methoxy groups -OCH3 is 1. The number of nitrogens with zero attached hydrogens (tertiary/aromatic N) is 1. The summed E-state index contributed by atoms with van der Waals surface area (Å²) >= 11 is 0. The molecule has 2 aliphatic rings. The van der Waals surface area contributed by atoms with Gasteiger partial charge in [-0.15, -0.1) is 0 Å². The average Bonchev–Trinajstić information content (AvgIpc) is 3.34. The SMILES string of the molecule is CO[C@H]1C[C@](C)(NC(C)=O)C(=O)N2[C@H](C(=O)N[C@@H](C)C(=O)N[C@@H](C)C(=O)N[C@@H](C)C(=O)N[C@@H](C)C(=O)OC(C)(C)C)CC[C@@H]12. The fourth-order valence-electron chi connectivity index (χ4n) is 5.37. The number of nitrogens with one attached hydrogen (secondary N) is 5. The van der Waals surface area contributed by atoms with Crippen LogP contribution in [0.4, 0.5) is 0 Å². The number of fused-ring (bicyclic) bond motifs is 1. The first-order valence-corrected chi connectivity index (χ1v) is 14.8. The van der Waals surface area contributed by atoms with E-state index >= 15 is 0 Å². The highest BCUT2D eigenvalue weighted by Crippen LogP contribution is 2.38. The van der Waals surface area contributed by atoms with Gasteiger partial charge in [-0.2, -0.15) is 0 Å². The molecule has 0 unspecified atom stereocenters. The Bertz CT molecular complexity index is 1150. The molecule has 2 aliphatic heterocycles. The van der Waals surface area contributed by atoms with E-state index < -0.39 is 83.0 Å². The largest absolute Gasteiger partial charge is 0.458 e. The molecule has 44 heavy (non-hydrogen) atoms. The summed E-state index contributed by atoms with van der Waals surface area (Å²) < 4.78 is 10.8. The fourth-order valence-corrected chi connectivity index (χ4v) is 5.37. The highest BCUT2D eigenvalue weighted by Gasteiger charge is 2.55. The van der Waals surface area contributed by atoms with E-state index in [0.717, 1.165) is 0 Å². The van der Waals surface area contributed by atoms with E-state index in [0.29, 0.717) is 12.8 Å². The molecule has 0 aromatic heterocycles. The second-order valence-electron chi connectivity index (χ2n) is 12.8. The van der Waals surface area contributed by atoms with Crippen LogP contribution in [0.15, 0.2) is 0 Å². The van der Waals surface area contributed by atoms with E-state index in [4.69, 9.17) is 9.47 Å². The standard InChI is InChI=1S/C29H48N6O9/c1-14(22(37)31-15(2)24(39)33-17(4)26(41)44-28(6,7)8)30-23(38)16(3)32-25(40)20-12-11-19-21(43-10)13-29(9,34-18(5)36)27(42)35(19)20/h14-17,19-21H,11-13H2,1-10H3,(H,30,38)(H,31,37)(H,32,40)(H,33,39)(H,34,36)/t14-,15-,16-,17-,19-,20-,21-,29-/m0/s1. The van der Waals surface area contributed by atoms with Crippen LogP contribution in [0.3, 0.4) is 0 Å². The number of piperidine rings is 1. The van der Waals surface area contributed by atoms with Crippen molar-refractivity contribution in [3.63, 3.8) is 0 Å². The molecular weight excluding hydrogens is 576 g/mol. The van der Waals surface area contributed by atoms with Gasteiger partial charge in [0.25, 0.3) is 0 Å². The smallest absolute Gasteiger partial charge is 0.328 e. The summed E-state index contributed by atoms with van der Waals surface area (Å²) in [5, 5.41) is 12.8. The number of carbonyl (C=O) groups excluding carboxylic acids is 7. The van der Waals surface area contributed by atoms with Gasteiger partial charge in [0.15, 0.2) is 0 Å². The molecular formula is C29H48N6O9. The highest BCUT2D eigenvalue weighted by molar-refractivity contribution is 5.98. The molecule has 8 atom stereocenters. The first-order valence-electron chi connectivity index (χ1n) is 14.8. The van der Waals surface area contributed by atoms with E-state index in [-0.39, 0.29) is 18.4 Å². The summed E-state index contributed by atoms with van der Waals surface area (Å²) in [6.45, 7) is 13.7. The molecule has 2 heterocycles. The Morgan fingerprint density at radius 2 is 1.32 bits per heavy atom. The number of hydrogen-bond donors (Lipinski definition) is 5. The number of hydrogen-bond acceptors (Lipinski definition) is 9. The van der Waals surface area contributed by atoms with E-state index in [9.17, 15) is 33.6 Å². The molecule has 2 fully saturated rings. The topological polar surface area (TPSA) is 201 Å². The molecule has 0 aromatic carbocycles. The minimum Gasteiger partial charge on any atom is -0.458 e. The summed E-state index contributed by atoms with van der Waals surface area (Å²) in [6.07, 6.45) is 0.725. The van der Waals surface area contributed by atoms with Crippen molar-refractivity contribution in [1.82, 2.24) is 31.5 Å². The summed E-state index contributed by atoms with van der Waals surface area (Å²) in [4.78, 5) is 90.1. The average molecular weight is 625 g/mol. The molecule has 0 aromatic rings. The summed E-state index contributed by atoms with van der Waals surface area (Å²) in [5.74, 6) is -3.90. The van der Waals surface area contributed by atoms with Gasteiger partial charge in [0.1, 0.15) is 41.3 Å². The van der Waals surface area contributed by atoms with Gasteiger partial charge in [-0.25, -0.2) is 4.79 Å². The Hall–Kier alpha value is -3.75. The lowest BCUT2D eigenvalue weighted by atomic mass is 9.84. The zero-order valence-corrected chi connectivity index (χ0v) is 27.3. The first kappa shape index (κ1) is 36.4. The van der Waals surface area contributed by atoms with Crippen LogP contribution in [-0.2, 0) is 43.0 Å². The Morgan fingerprint density at radius 1 is 0.841 bits per heavy atom. The van der Waals surface area contributed by atoms with Crippen molar-refractivity contribution in [3.8, 4) is 0 Å². The van der Waals surface area contributed by atoms with Crippen LogP contribution < -0.4 is 26.6 Å². The first-order chi connectivity index (χ1) is 20.2. The van der Waals surface area contributed by atoms with Gasteiger partial charge < -0.3 is 41.0 Å². The van der Waals surface area contributed by atoms with Gasteiger partial charge in [-0.1, -0.05) is 0 Å². The second kappa shape index (κ2) is 14.4. The lowest BCUT2D eigenvalue weighted by Gasteiger charge is -2.47. The van der Waals surface area contributed by atoms with Crippen LogP contribution in [0.25, 0.3) is 0 Å². The molecule has 0 saturated carbocycles. The maximum Gasteiger partial charge on any atom is 0.328 e. The number of esters is 1. The van der Waals surface area contributed by atoms with Crippen molar-refractivity contribution in [2.75, 3.05) is 7.11 Å². The number of ether oxygens (including phenoxy) is 2. The molecule has 0 aliphatic carbocycles. The normalized spacial score (nSPS) is 25.8. The number of carbonyl (C=O) groups is 7. The Labute approximate surface area is 258 Å². The molecule has 6 amide bonds. The molecule has 15 heteroatoms. The van der Waals surface area contributed by atoms with Crippen molar-refractivity contribution in [3.05, 3.63) is 0 Å². The van der Waals surface area contributed by atoms with Gasteiger partial charge in [-0.3, -0.25) is 28.8 Å². The third-order valence-corrected chi connectivity index (χ3v) is 7.61. The van der Waals surface area contributed by atoms with Crippen LogP contribution in [0.5, 0.6) is 0 Å². The maximum absolute atomic E-state index is 13.5. The van der Waals surface area contributed by atoms with E-state index in [2.05, 4.69) is 26.6 Å². The van der Waals surface area contributed by atoms with Crippen molar-refractivity contribution in [2.45, 2.75) is 135 Å². The van der Waals surface area contributed by atoms with E-state index in [1.807, 2.05) is 0 Å². The maximum atomic E-state index is 13.5. The minimum absolute atomic E-state index is 0.263. The van der Waals surface area contributed by atoms with E-state index in [1.54, 1.807) is 27.7 Å². The molecule has 2 saturated heterocycles. The second-order valence-corrected chi connectivity index (χ2v) is 12.8. The van der Waals surface area contributed by atoms with Gasteiger partial charge in [0, 0.05) is 20.5 Å². The molecule has 0 radical (unpaired) electrons. The van der Waals surface area contributed by atoms with Crippen LogP contribution >= 0.6 is 0 Å². The lowest BCUT2D eigenvalue weighted by Crippen LogP contribution is -2.69. The number of amides is 6. The van der Waals surface area contributed by atoms with Crippen molar-refractivity contribution in [2.24, 2.45) is 0 Å².